The molecule has 3 heterocycles. The van der Waals surface area contributed by atoms with Crippen molar-refractivity contribution >= 4 is 10.9 Å². The van der Waals surface area contributed by atoms with Crippen LogP contribution in [0.15, 0.2) is 29.1 Å². The summed E-state index contributed by atoms with van der Waals surface area (Å²) in [6, 6.07) is 8.06. The van der Waals surface area contributed by atoms with Crippen LogP contribution in [-0.4, -0.2) is 49.3 Å². The Morgan fingerprint density at radius 2 is 2.06 bits per heavy atom. The highest BCUT2D eigenvalue weighted by molar-refractivity contribution is 5.79. The lowest BCUT2D eigenvalue weighted by molar-refractivity contribution is 0.0371. The molecule has 1 fully saturated rings. The molecule has 1 aliphatic rings. The number of H-pyrrole nitrogens is 1. The smallest absolute Gasteiger partial charge is 0.252 e. The maximum atomic E-state index is 13.0. The van der Waals surface area contributed by atoms with E-state index in [1.165, 1.54) is 5.56 Å². The molecule has 0 unspecified atom stereocenters. The molecular weight excluding hydrogens is 416 g/mol. The molecule has 4 rings (SSSR count). The maximum Gasteiger partial charge on any atom is 0.252 e. The summed E-state index contributed by atoms with van der Waals surface area (Å²) in [5.74, 6) is 1.06. The van der Waals surface area contributed by atoms with Gasteiger partial charge in [-0.25, -0.2) is 4.68 Å². The topological polar surface area (TPSA) is 88.9 Å². The third-order valence-corrected chi connectivity index (χ3v) is 6.33. The van der Waals surface area contributed by atoms with Crippen molar-refractivity contribution < 1.29 is 4.74 Å². The molecule has 0 saturated carbocycles. The fourth-order valence-corrected chi connectivity index (χ4v) is 4.77. The van der Waals surface area contributed by atoms with E-state index in [-0.39, 0.29) is 29.2 Å². The molecule has 0 radical (unpaired) electrons. The minimum Gasteiger partial charge on any atom is -0.377 e. The van der Waals surface area contributed by atoms with E-state index in [9.17, 15) is 4.79 Å². The zero-order chi connectivity index (χ0) is 23.8. The number of aromatic nitrogens is 5. The lowest BCUT2D eigenvalue weighted by Gasteiger charge is -2.36. The number of fused-ring (bicyclic) bond motifs is 1. The Bertz CT molecular complexity index is 1150. The molecule has 0 amide bonds. The maximum absolute atomic E-state index is 13.0. The van der Waals surface area contributed by atoms with Gasteiger partial charge in [-0.1, -0.05) is 25.5 Å². The molecule has 33 heavy (non-hydrogen) atoms. The second-order valence-electron chi connectivity index (χ2n) is 10.6. The van der Waals surface area contributed by atoms with Crippen molar-refractivity contribution in [2.24, 2.45) is 5.92 Å². The Kier molecular flexibility index (Phi) is 6.68. The van der Waals surface area contributed by atoms with Crippen LogP contribution >= 0.6 is 0 Å². The zero-order valence-electron chi connectivity index (χ0n) is 20.6. The first kappa shape index (κ1) is 23.6. The van der Waals surface area contributed by atoms with Crippen LogP contribution < -0.4 is 5.56 Å². The predicted octanol–water partition coefficient (Wildman–Crippen LogP) is 3.96. The first-order valence-electron chi connectivity index (χ1n) is 11.9. The molecule has 0 aliphatic carbocycles. The van der Waals surface area contributed by atoms with E-state index in [1.807, 2.05) is 22.9 Å². The molecule has 1 saturated heterocycles. The first-order valence-corrected chi connectivity index (χ1v) is 11.9. The molecule has 178 valence electrons. The van der Waals surface area contributed by atoms with E-state index in [0.717, 1.165) is 48.3 Å². The average Bonchev–Trinajstić information content (AvgIpc) is 3.40. The van der Waals surface area contributed by atoms with Crippen LogP contribution in [0.4, 0.5) is 0 Å². The number of tetrazole rings is 1. The van der Waals surface area contributed by atoms with E-state index in [0.29, 0.717) is 6.54 Å². The lowest BCUT2D eigenvalue weighted by Crippen LogP contribution is -2.41. The van der Waals surface area contributed by atoms with Crippen molar-refractivity contribution in [1.82, 2.24) is 30.1 Å². The summed E-state index contributed by atoms with van der Waals surface area (Å²) in [5, 5.41) is 13.8. The van der Waals surface area contributed by atoms with Gasteiger partial charge in [0.2, 0.25) is 0 Å². The number of hydrogen-bond donors (Lipinski definition) is 1. The van der Waals surface area contributed by atoms with E-state index in [2.05, 4.69) is 73.0 Å². The summed E-state index contributed by atoms with van der Waals surface area (Å²) >= 11 is 0. The fourth-order valence-electron chi connectivity index (χ4n) is 4.77. The molecule has 3 aromatic rings. The predicted molar refractivity (Wildman–Crippen MR) is 129 cm³/mol. The van der Waals surface area contributed by atoms with Gasteiger partial charge in [-0.2, -0.15) is 0 Å². The largest absolute Gasteiger partial charge is 0.377 e. The number of aromatic amines is 1. The normalized spacial score (nSPS) is 18.0. The molecule has 0 bridgehead atoms. The molecule has 2 atom stereocenters. The number of pyridine rings is 1. The summed E-state index contributed by atoms with van der Waals surface area (Å²) in [5.41, 5.74) is 2.46. The second-order valence-corrected chi connectivity index (χ2v) is 10.6. The van der Waals surface area contributed by atoms with Gasteiger partial charge in [-0.15, -0.1) is 5.10 Å². The molecule has 0 spiro atoms. The highest BCUT2D eigenvalue weighted by Gasteiger charge is 2.34. The molecule has 8 heteroatoms. The van der Waals surface area contributed by atoms with Crippen LogP contribution in [0.2, 0.25) is 0 Å². The van der Waals surface area contributed by atoms with Gasteiger partial charge in [-0.05, 0) is 80.5 Å². The van der Waals surface area contributed by atoms with E-state index < -0.39 is 0 Å². The molecule has 2 aromatic heterocycles. The Morgan fingerprint density at radius 3 is 2.73 bits per heavy atom. The Labute approximate surface area is 195 Å². The monoisotopic (exact) mass is 452 g/mol. The van der Waals surface area contributed by atoms with E-state index in [1.54, 1.807) is 0 Å². The number of ether oxygens (including phenoxy) is 1. The Balaban J connectivity index is 1.76. The number of nitrogens with one attached hydrogen (secondary N) is 1. The second kappa shape index (κ2) is 9.35. The standard InChI is InChI=1S/C25H36N6O2/c1-16(2)22(23-27-28-29-31(23)25(4,5)6)30(15-20-8-7-11-33-20)14-19-13-18-12-17(3)9-10-21(18)26-24(19)32/h9-10,12-13,16,20,22H,7-8,11,14-15H2,1-6H3,(H,26,32)/t20-,22-/m0/s1. The summed E-state index contributed by atoms with van der Waals surface area (Å²) in [6.45, 7) is 14.8. The highest BCUT2D eigenvalue weighted by Crippen LogP contribution is 2.32. The molecular formula is C25H36N6O2. The average molecular weight is 453 g/mol. The van der Waals surface area contributed by atoms with Crippen molar-refractivity contribution in [1.29, 1.82) is 0 Å². The van der Waals surface area contributed by atoms with Crippen LogP contribution in [0.5, 0.6) is 0 Å². The number of hydrogen-bond acceptors (Lipinski definition) is 6. The fraction of sp³-hybridized carbons (Fsp3) is 0.600. The van der Waals surface area contributed by atoms with Gasteiger partial charge < -0.3 is 9.72 Å². The van der Waals surface area contributed by atoms with E-state index in [4.69, 9.17) is 4.74 Å². The van der Waals surface area contributed by atoms with Gasteiger partial charge in [-0.3, -0.25) is 9.69 Å². The minimum absolute atomic E-state index is 0.0541. The number of aryl methyl sites for hydroxylation is 1. The first-order chi connectivity index (χ1) is 15.6. The van der Waals surface area contributed by atoms with Crippen molar-refractivity contribution in [2.75, 3.05) is 13.2 Å². The van der Waals surface area contributed by atoms with Crippen LogP contribution in [0, 0.1) is 12.8 Å². The minimum atomic E-state index is -0.251. The molecule has 1 N–H and O–H groups in total. The van der Waals surface area contributed by atoms with Gasteiger partial charge in [0.1, 0.15) is 0 Å². The van der Waals surface area contributed by atoms with Crippen LogP contribution in [-0.2, 0) is 16.8 Å². The van der Waals surface area contributed by atoms with Crippen molar-refractivity contribution in [3.05, 3.63) is 51.6 Å². The number of rotatable bonds is 7. The van der Waals surface area contributed by atoms with Gasteiger partial charge in [0.15, 0.2) is 5.82 Å². The zero-order valence-corrected chi connectivity index (χ0v) is 20.6. The van der Waals surface area contributed by atoms with Gasteiger partial charge in [0.25, 0.3) is 5.56 Å². The highest BCUT2D eigenvalue weighted by atomic mass is 16.5. The number of benzene rings is 1. The molecule has 1 aromatic carbocycles. The summed E-state index contributed by atoms with van der Waals surface area (Å²) in [6.07, 6.45) is 2.24. The van der Waals surface area contributed by atoms with Crippen molar-refractivity contribution in [2.45, 2.75) is 78.6 Å². The van der Waals surface area contributed by atoms with Crippen molar-refractivity contribution in [3.63, 3.8) is 0 Å². The van der Waals surface area contributed by atoms with Crippen molar-refractivity contribution in [3.8, 4) is 0 Å². The SMILES string of the molecule is Cc1ccc2[nH]c(=O)c(CN(C[C@@H]3CCCO3)[C@H](c3nnnn3C(C)(C)C)C(C)C)cc2c1. The molecule has 8 nitrogen and oxygen atoms in total. The van der Waals surface area contributed by atoms with E-state index >= 15 is 0 Å². The molecule has 1 aliphatic heterocycles. The summed E-state index contributed by atoms with van der Waals surface area (Å²) in [4.78, 5) is 18.4. The number of nitrogens with zero attached hydrogens (tertiary/aromatic N) is 5. The quantitative estimate of drug-likeness (QED) is 0.584. The third-order valence-electron chi connectivity index (χ3n) is 6.33. The van der Waals surface area contributed by atoms with Crippen LogP contribution in [0.25, 0.3) is 10.9 Å². The third kappa shape index (κ3) is 5.17. The summed E-state index contributed by atoms with van der Waals surface area (Å²) in [7, 11) is 0. The summed E-state index contributed by atoms with van der Waals surface area (Å²) < 4.78 is 7.91. The van der Waals surface area contributed by atoms with Gasteiger partial charge in [0.05, 0.1) is 17.7 Å². The lowest BCUT2D eigenvalue weighted by atomic mass is 9.98. The van der Waals surface area contributed by atoms with Crippen LogP contribution in [0.3, 0.4) is 0 Å². The Morgan fingerprint density at radius 1 is 1.27 bits per heavy atom. The van der Waals surface area contributed by atoms with Gasteiger partial charge >= 0.3 is 0 Å². The van der Waals surface area contributed by atoms with Gasteiger partial charge in [0, 0.05) is 30.8 Å². The Hall–Kier alpha value is -2.58. The van der Waals surface area contributed by atoms with Crippen LogP contribution in [0.1, 0.15) is 70.5 Å².